The fraction of sp³-hybridized carbons (Fsp3) is 0.353. The van der Waals surface area contributed by atoms with Gasteiger partial charge in [-0.1, -0.05) is 44.2 Å². The van der Waals surface area contributed by atoms with Crippen LogP contribution in [0.5, 0.6) is 0 Å². The maximum Gasteiger partial charge on any atom is 0.339 e. The Labute approximate surface area is 120 Å². The largest absolute Gasteiger partial charge is 0.465 e. The molecule has 20 heavy (non-hydrogen) atoms. The molecule has 0 radical (unpaired) electrons. The van der Waals surface area contributed by atoms with Gasteiger partial charge in [0.25, 0.3) is 0 Å². The van der Waals surface area contributed by atoms with Gasteiger partial charge in [-0.25, -0.2) is 4.79 Å². The number of ether oxygens (including phenoxy) is 1. The van der Waals surface area contributed by atoms with Crippen molar-refractivity contribution in [2.75, 3.05) is 7.11 Å². The summed E-state index contributed by atoms with van der Waals surface area (Å²) in [5.74, 6) is 0.0898. The molecule has 0 saturated heterocycles. The highest BCUT2D eigenvalue weighted by Gasteiger charge is 2.19. The predicted octanol–water partition coefficient (Wildman–Crippen LogP) is 3.75. The van der Waals surface area contributed by atoms with E-state index in [-0.39, 0.29) is 5.97 Å². The summed E-state index contributed by atoms with van der Waals surface area (Å²) in [5.41, 5.74) is 4.01. The molecule has 0 atom stereocenters. The van der Waals surface area contributed by atoms with E-state index in [0.717, 1.165) is 17.9 Å². The van der Waals surface area contributed by atoms with Crippen molar-refractivity contribution in [1.29, 1.82) is 0 Å². The van der Waals surface area contributed by atoms with Crippen LogP contribution in [0, 0.1) is 6.92 Å². The Morgan fingerprint density at radius 3 is 2.45 bits per heavy atom. The number of rotatable bonds is 4. The normalized spacial score (nSPS) is 10.8. The summed E-state index contributed by atoms with van der Waals surface area (Å²) in [6, 6.07) is 12.2. The molecule has 2 aromatic rings. The molecule has 0 amide bonds. The lowest BCUT2D eigenvalue weighted by Crippen LogP contribution is -2.08. The molecule has 1 aromatic carbocycles. The van der Waals surface area contributed by atoms with Crippen LogP contribution in [-0.4, -0.2) is 17.6 Å². The number of methoxy groups -OCH3 is 1. The van der Waals surface area contributed by atoms with Gasteiger partial charge >= 0.3 is 5.97 Å². The Morgan fingerprint density at radius 2 is 1.90 bits per heavy atom. The number of benzene rings is 1. The molecule has 0 fully saturated rings. The van der Waals surface area contributed by atoms with E-state index in [1.807, 2.05) is 31.2 Å². The highest BCUT2D eigenvalue weighted by molar-refractivity contribution is 5.91. The summed E-state index contributed by atoms with van der Waals surface area (Å²) < 4.78 is 7.06. The van der Waals surface area contributed by atoms with Gasteiger partial charge in [0.1, 0.15) is 0 Å². The molecule has 0 bridgehead atoms. The quantitative estimate of drug-likeness (QED) is 0.793. The highest BCUT2D eigenvalue weighted by atomic mass is 16.5. The van der Waals surface area contributed by atoms with Crippen LogP contribution in [0.2, 0.25) is 0 Å². The minimum absolute atomic E-state index is 0.267. The molecule has 1 aromatic heterocycles. The van der Waals surface area contributed by atoms with E-state index in [1.165, 1.54) is 12.7 Å². The molecule has 106 valence electrons. The van der Waals surface area contributed by atoms with Gasteiger partial charge in [-0.05, 0) is 24.5 Å². The number of esters is 1. The predicted molar refractivity (Wildman–Crippen MR) is 80.1 cm³/mol. The van der Waals surface area contributed by atoms with Gasteiger partial charge < -0.3 is 9.30 Å². The molecule has 3 nitrogen and oxygen atoms in total. The molecule has 0 N–H and O–H groups in total. The molecule has 1 heterocycles. The smallest absolute Gasteiger partial charge is 0.339 e. The van der Waals surface area contributed by atoms with Crippen LogP contribution in [0.1, 0.15) is 47.1 Å². The monoisotopic (exact) mass is 271 g/mol. The lowest BCUT2D eigenvalue weighted by atomic mass is 10.1. The van der Waals surface area contributed by atoms with Gasteiger partial charge in [-0.3, -0.25) is 0 Å². The number of carbonyl (C=O) groups excluding carboxylic acids is 1. The van der Waals surface area contributed by atoms with Crippen LogP contribution in [0.4, 0.5) is 0 Å². The zero-order valence-corrected chi connectivity index (χ0v) is 12.5. The number of nitrogens with zero attached hydrogens (tertiary/aromatic N) is 1. The lowest BCUT2D eigenvalue weighted by molar-refractivity contribution is 0.0600. The maximum absolute atomic E-state index is 11.8. The molecule has 0 aliphatic rings. The molecule has 0 aliphatic heterocycles. The Morgan fingerprint density at radius 1 is 1.25 bits per heavy atom. The molecular formula is C17H21NO2. The van der Waals surface area contributed by atoms with Gasteiger partial charge in [0.05, 0.1) is 12.7 Å². The third-order valence-electron chi connectivity index (χ3n) is 3.58. The number of hydrogen-bond acceptors (Lipinski definition) is 2. The van der Waals surface area contributed by atoms with Crippen LogP contribution in [0.3, 0.4) is 0 Å². The van der Waals surface area contributed by atoms with Crippen LogP contribution in [-0.2, 0) is 11.3 Å². The van der Waals surface area contributed by atoms with Gasteiger partial charge in [0.2, 0.25) is 0 Å². The summed E-state index contributed by atoms with van der Waals surface area (Å²) >= 11 is 0. The second-order valence-electron chi connectivity index (χ2n) is 5.29. The number of hydrogen-bond donors (Lipinski definition) is 0. The highest BCUT2D eigenvalue weighted by Crippen LogP contribution is 2.24. The second-order valence-corrected chi connectivity index (χ2v) is 5.29. The van der Waals surface area contributed by atoms with E-state index in [4.69, 9.17) is 4.74 Å². The number of aromatic nitrogens is 1. The Hall–Kier alpha value is -2.03. The van der Waals surface area contributed by atoms with E-state index < -0.39 is 0 Å². The lowest BCUT2D eigenvalue weighted by Gasteiger charge is -2.14. The average molecular weight is 271 g/mol. The van der Waals surface area contributed by atoms with Crippen molar-refractivity contribution in [3.63, 3.8) is 0 Å². The third kappa shape index (κ3) is 2.77. The fourth-order valence-corrected chi connectivity index (χ4v) is 2.44. The van der Waals surface area contributed by atoms with Gasteiger partial charge in [-0.15, -0.1) is 0 Å². The first-order valence-electron chi connectivity index (χ1n) is 6.86. The molecule has 0 unspecified atom stereocenters. The zero-order chi connectivity index (χ0) is 14.7. The zero-order valence-electron chi connectivity index (χ0n) is 12.5. The molecular weight excluding hydrogens is 250 g/mol. The Bertz CT molecular complexity index is 597. The third-order valence-corrected chi connectivity index (χ3v) is 3.58. The van der Waals surface area contributed by atoms with Crippen molar-refractivity contribution in [2.45, 2.75) is 33.2 Å². The van der Waals surface area contributed by atoms with Gasteiger partial charge in [0.15, 0.2) is 0 Å². The second kappa shape index (κ2) is 5.95. The van der Waals surface area contributed by atoms with Crippen LogP contribution in [0.25, 0.3) is 0 Å². The van der Waals surface area contributed by atoms with Crippen molar-refractivity contribution in [3.8, 4) is 0 Å². The summed E-state index contributed by atoms with van der Waals surface area (Å²) in [4.78, 5) is 11.8. The van der Waals surface area contributed by atoms with Crippen molar-refractivity contribution in [1.82, 2.24) is 4.57 Å². The summed E-state index contributed by atoms with van der Waals surface area (Å²) in [7, 11) is 1.42. The molecule has 0 saturated carbocycles. The first-order chi connectivity index (χ1) is 9.54. The summed E-state index contributed by atoms with van der Waals surface area (Å²) in [6.07, 6.45) is 0. The van der Waals surface area contributed by atoms with Gasteiger partial charge in [-0.2, -0.15) is 0 Å². The van der Waals surface area contributed by atoms with E-state index in [9.17, 15) is 4.79 Å². The molecule has 0 spiro atoms. The van der Waals surface area contributed by atoms with E-state index in [0.29, 0.717) is 11.5 Å². The van der Waals surface area contributed by atoms with Gasteiger partial charge in [0, 0.05) is 17.9 Å². The minimum atomic E-state index is -0.267. The number of carbonyl (C=O) groups is 1. The van der Waals surface area contributed by atoms with E-state index >= 15 is 0 Å². The van der Waals surface area contributed by atoms with Crippen molar-refractivity contribution >= 4 is 5.97 Å². The van der Waals surface area contributed by atoms with Crippen LogP contribution in [0.15, 0.2) is 36.4 Å². The average Bonchev–Trinajstić information content (AvgIpc) is 2.77. The van der Waals surface area contributed by atoms with Crippen molar-refractivity contribution < 1.29 is 9.53 Å². The fourth-order valence-electron chi connectivity index (χ4n) is 2.44. The topological polar surface area (TPSA) is 31.2 Å². The first-order valence-corrected chi connectivity index (χ1v) is 6.86. The first kappa shape index (κ1) is 14.4. The van der Waals surface area contributed by atoms with E-state index in [1.54, 1.807) is 0 Å². The van der Waals surface area contributed by atoms with Crippen molar-refractivity contribution in [3.05, 3.63) is 58.9 Å². The molecule has 3 heteroatoms. The van der Waals surface area contributed by atoms with Crippen molar-refractivity contribution in [2.24, 2.45) is 0 Å². The van der Waals surface area contributed by atoms with Crippen LogP contribution < -0.4 is 0 Å². The minimum Gasteiger partial charge on any atom is -0.465 e. The van der Waals surface area contributed by atoms with E-state index in [2.05, 4.69) is 30.5 Å². The SMILES string of the molecule is COC(=O)c1cc(C(C)C)n(Cc2ccccc2)c1C. The van der Waals surface area contributed by atoms with Crippen LogP contribution >= 0.6 is 0 Å². The standard InChI is InChI=1S/C17H21NO2/c1-12(2)16-10-15(17(19)20-4)13(3)18(16)11-14-8-6-5-7-9-14/h5-10,12H,11H2,1-4H3. The Balaban J connectivity index is 2.45. The summed E-state index contributed by atoms with van der Waals surface area (Å²) in [6.45, 7) is 7.02. The molecule has 2 rings (SSSR count). The maximum atomic E-state index is 11.8. The molecule has 0 aliphatic carbocycles. The summed E-state index contributed by atoms with van der Waals surface area (Å²) in [5, 5.41) is 0. The Kier molecular flexibility index (Phi) is 4.28.